The molecule has 1 aliphatic heterocycles. The summed E-state index contributed by atoms with van der Waals surface area (Å²) in [6.45, 7) is 0.475. The van der Waals surface area contributed by atoms with Gasteiger partial charge in [-0.05, 0) is 98.8 Å². The quantitative estimate of drug-likeness (QED) is 0.182. The molecule has 2 aromatic rings. The van der Waals surface area contributed by atoms with Gasteiger partial charge in [-0.3, -0.25) is 9.59 Å². The lowest BCUT2D eigenvalue weighted by Gasteiger charge is -2.13. The zero-order chi connectivity index (χ0) is 21.7. The molecule has 2 aliphatic carbocycles. The molecule has 0 unspecified atom stereocenters. The molecule has 0 radical (unpaired) electrons. The van der Waals surface area contributed by atoms with Crippen LogP contribution in [0.5, 0.6) is 5.75 Å². The zero-order valence-electron chi connectivity index (χ0n) is 16.2. The molecule has 1 saturated heterocycles. The Labute approximate surface area is 215 Å². The Morgan fingerprint density at radius 1 is 1.03 bits per heavy atom. The highest BCUT2D eigenvalue weighted by atomic mass is 127. The monoisotopic (exact) mass is 702 g/mol. The summed E-state index contributed by atoms with van der Waals surface area (Å²) in [5, 5.41) is 5.36. The van der Waals surface area contributed by atoms with Gasteiger partial charge in [0.15, 0.2) is 0 Å². The number of nitrogens with zero attached hydrogens (tertiary/aromatic N) is 2. The van der Waals surface area contributed by atoms with E-state index in [1.807, 2.05) is 36.4 Å². The summed E-state index contributed by atoms with van der Waals surface area (Å²) in [6, 6.07) is 11.9. The van der Waals surface area contributed by atoms with Crippen LogP contribution < -0.4 is 4.74 Å². The molecule has 8 heteroatoms. The Bertz CT molecular complexity index is 1080. The predicted octanol–water partition coefficient (Wildman–Crippen LogP) is 5.38. The van der Waals surface area contributed by atoms with Gasteiger partial charge in [-0.25, -0.2) is 0 Å². The third kappa shape index (κ3) is 3.99. The summed E-state index contributed by atoms with van der Waals surface area (Å²) in [5.74, 6) is 0.408. The average molecular weight is 703 g/mol. The SMILES string of the molecule is O=C1[C@@H]2[C@@H](C(=O)N1/N=C\c1cc(I)c(OCc3ccc(Br)cc3)c(I)c1)[C@H]1C=C[C@H]2C1. The number of benzene rings is 2. The number of amides is 2. The van der Waals surface area contributed by atoms with E-state index < -0.39 is 0 Å². The van der Waals surface area contributed by atoms with Crippen molar-refractivity contribution in [3.8, 4) is 5.75 Å². The number of carbonyl (C=O) groups excluding carboxylic acids is 2. The first-order chi connectivity index (χ1) is 14.9. The Balaban J connectivity index is 1.30. The van der Waals surface area contributed by atoms with Crippen molar-refractivity contribution in [1.82, 2.24) is 5.01 Å². The molecule has 31 heavy (non-hydrogen) atoms. The van der Waals surface area contributed by atoms with Crippen LogP contribution in [-0.4, -0.2) is 23.0 Å². The van der Waals surface area contributed by atoms with E-state index >= 15 is 0 Å². The van der Waals surface area contributed by atoms with Crippen molar-refractivity contribution in [1.29, 1.82) is 0 Å². The Hall–Kier alpha value is -1.27. The normalized spacial score (nSPS) is 26.4. The van der Waals surface area contributed by atoms with Crippen molar-refractivity contribution in [2.75, 3.05) is 0 Å². The number of hydrogen-bond donors (Lipinski definition) is 0. The third-order valence-corrected chi connectivity index (χ3v) is 8.22. The number of hydrogen-bond acceptors (Lipinski definition) is 4. The molecule has 2 fully saturated rings. The molecular weight excluding hydrogens is 686 g/mol. The molecule has 2 aromatic carbocycles. The number of allylic oxidation sites excluding steroid dienone is 2. The summed E-state index contributed by atoms with van der Waals surface area (Å²) >= 11 is 7.91. The van der Waals surface area contributed by atoms with Crippen LogP contribution in [-0.2, 0) is 16.2 Å². The maximum absolute atomic E-state index is 12.8. The Kier molecular flexibility index (Phi) is 5.97. The van der Waals surface area contributed by atoms with Crippen LogP contribution in [0.2, 0.25) is 0 Å². The first kappa shape index (κ1) is 21.6. The van der Waals surface area contributed by atoms with Crippen molar-refractivity contribution in [3.63, 3.8) is 0 Å². The van der Waals surface area contributed by atoms with Crippen molar-refractivity contribution >= 4 is 79.1 Å². The standard InChI is InChI=1S/C23H17BrI2N2O3/c24-16-5-1-12(2-6-16)11-31-21-17(25)7-13(8-18(21)26)10-27-28-22(29)19-14-3-4-15(9-14)20(19)23(28)30/h1-8,10,14-15,19-20H,9,11H2/b27-10-/t14-,15-,19-,20-/m0/s1. The minimum atomic E-state index is -0.227. The molecule has 2 amide bonds. The molecule has 4 atom stereocenters. The van der Waals surface area contributed by atoms with Gasteiger partial charge in [0.25, 0.3) is 11.8 Å². The second kappa shape index (κ2) is 8.58. The largest absolute Gasteiger partial charge is 0.487 e. The minimum Gasteiger partial charge on any atom is -0.487 e. The maximum atomic E-state index is 12.8. The molecule has 5 rings (SSSR count). The fourth-order valence-electron chi connectivity index (χ4n) is 4.65. The lowest BCUT2D eigenvalue weighted by atomic mass is 9.85. The van der Waals surface area contributed by atoms with Crippen LogP contribution in [0.3, 0.4) is 0 Å². The summed E-state index contributed by atoms with van der Waals surface area (Å²) in [4.78, 5) is 25.5. The molecule has 0 spiro atoms. The van der Waals surface area contributed by atoms with Crippen LogP contribution in [0.4, 0.5) is 0 Å². The lowest BCUT2D eigenvalue weighted by molar-refractivity contribution is -0.140. The van der Waals surface area contributed by atoms with E-state index in [2.05, 4.69) is 78.4 Å². The molecule has 158 valence electrons. The highest BCUT2D eigenvalue weighted by Gasteiger charge is 2.59. The van der Waals surface area contributed by atoms with E-state index in [0.717, 1.165) is 39.9 Å². The summed E-state index contributed by atoms with van der Waals surface area (Å²) in [5.41, 5.74) is 1.91. The molecule has 1 saturated carbocycles. The highest BCUT2D eigenvalue weighted by Crippen LogP contribution is 2.52. The fraction of sp³-hybridized carbons (Fsp3) is 0.261. The number of halogens is 3. The van der Waals surface area contributed by atoms with Gasteiger partial charge in [0, 0.05) is 4.47 Å². The van der Waals surface area contributed by atoms with Crippen LogP contribution in [0, 0.1) is 30.8 Å². The van der Waals surface area contributed by atoms with Crippen molar-refractivity contribution < 1.29 is 14.3 Å². The third-order valence-electron chi connectivity index (χ3n) is 6.09. The van der Waals surface area contributed by atoms with Gasteiger partial charge >= 0.3 is 0 Å². The van der Waals surface area contributed by atoms with E-state index in [1.165, 1.54) is 0 Å². The molecule has 3 aliphatic rings. The van der Waals surface area contributed by atoms with Gasteiger partial charge in [0.2, 0.25) is 0 Å². The Morgan fingerprint density at radius 3 is 2.19 bits per heavy atom. The minimum absolute atomic E-state index is 0.165. The molecular formula is C23H17BrI2N2O3. The van der Waals surface area contributed by atoms with Gasteiger partial charge in [-0.2, -0.15) is 10.1 Å². The van der Waals surface area contributed by atoms with E-state index in [-0.39, 0.29) is 35.5 Å². The van der Waals surface area contributed by atoms with Crippen LogP contribution in [0.1, 0.15) is 17.5 Å². The first-order valence-corrected chi connectivity index (χ1v) is 12.8. The number of fused-ring (bicyclic) bond motifs is 5. The zero-order valence-corrected chi connectivity index (χ0v) is 22.1. The van der Waals surface area contributed by atoms with E-state index in [9.17, 15) is 9.59 Å². The van der Waals surface area contributed by atoms with Crippen LogP contribution in [0.25, 0.3) is 0 Å². The summed E-state index contributed by atoms with van der Waals surface area (Å²) in [6.07, 6.45) is 6.68. The topological polar surface area (TPSA) is 59.0 Å². The molecule has 5 nitrogen and oxygen atoms in total. The van der Waals surface area contributed by atoms with Gasteiger partial charge in [-0.15, -0.1) is 0 Å². The van der Waals surface area contributed by atoms with Crippen molar-refractivity contribution in [2.24, 2.45) is 28.8 Å². The molecule has 0 aromatic heterocycles. The number of rotatable bonds is 5. The van der Waals surface area contributed by atoms with Crippen LogP contribution >= 0.6 is 61.1 Å². The maximum Gasteiger partial charge on any atom is 0.254 e. The number of hydrazone groups is 1. The summed E-state index contributed by atoms with van der Waals surface area (Å²) < 4.78 is 8.97. The summed E-state index contributed by atoms with van der Waals surface area (Å²) in [7, 11) is 0. The highest BCUT2D eigenvalue weighted by molar-refractivity contribution is 14.1. The number of ether oxygens (including phenoxy) is 1. The van der Waals surface area contributed by atoms with Gasteiger partial charge in [0.1, 0.15) is 12.4 Å². The van der Waals surface area contributed by atoms with Crippen LogP contribution in [0.15, 0.2) is 58.1 Å². The Morgan fingerprint density at radius 2 is 1.61 bits per heavy atom. The number of imide groups is 1. The lowest BCUT2D eigenvalue weighted by Crippen LogP contribution is -2.28. The smallest absolute Gasteiger partial charge is 0.254 e. The molecule has 0 N–H and O–H groups in total. The predicted molar refractivity (Wildman–Crippen MR) is 138 cm³/mol. The van der Waals surface area contributed by atoms with E-state index in [1.54, 1.807) is 6.21 Å². The fourth-order valence-corrected chi connectivity index (χ4v) is 7.04. The average Bonchev–Trinajstić information content (AvgIpc) is 3.42. The van der Waals surface area contributed by atoms with Crippen molar-refractivity contribution in [2.45, 2.75) is 13.0 Å². The van der Waals surface area contributed by atoms with Crippen molar-refractivity contribution in [3.05, 3.63) is 71.3 Å². The van der Waals surface area contributed by atoms with E-state index in [4.69, 9.17) is 4.74 Å². The number of carbonyl (C=O) groups is 2. The van der Waals surface area contributed by atoms with Gasteiger partial charge in [-0.1, -0.05) is 40.2 Å². The first-order valence-electron chi connectivity index (χ1n) is 9.89. The second-order valence-corrected chi connectivity index (χ2v) is 11.2. The van der Waals surface area contributed by atoms with Gasteiger partial charge in [0.05, 0.1) is 25.2 Å². The molecule has 2 bridgehead atoms. The van der Waals surface area contributed by atoms with Gasteiger partial charge < -0.3 is 4.74 Å². The second-order valence-electron chi connectivity index (χ2n) is 7.96. The molecule has 1 heterocycles. The van der Waals surface area contributed by atoms with E-state index in [0.29, 0.717) is 6.61 Å².